The van der Waals surface area contributed by atoms with E-state index in [9.17, 15) is 9.90 Å². The summed E-state index contributed by atoms with van der Waals surface area (Å²) in [5, 5.41) is 19.3. The molecule has 1 aromatic heterocycles. The molecular formula is C27H34N4O3. The van der Waals surface area contributed by atoms with Crippen molar-refractivity contribution in [1.29, 1.82) is 0 Å². The van der Waals surface area contributed by atoms with Crippen molar-refractivity contribution < 1.29 is 14.6 Å². The van der Waals surface area contributed by atoms with Crippen LogP contribution in [0.4, 0.5) is 11.4 Å². The molecule has 0 unspecified atom stereocenters. The minimum absolute atomic E-state index is 0.265. The summed E-state index contributed by atoms with van der Waals surface area (Å²) in [4.78, 5) is 17.4. The van der Waals surface area contributed by atoms with Crippen LogP contribution in [0.25, 0.3) is 11.1 Å². The summed E-state index contributed by atoms with van der Waals surface area (Å²) in [5.41, 5.74) is 6.35. The Balaban J connectivity index is 1.82. The van der Waals surface area contributed by atoms with Crippen LogP contribution in [-0.4, -0.2) is 42.3 Å². The second-order valence-electron chi connectivity index (χ2n) is 8.96. The maximum atomic E-state index is 13.0. The number of nitrogens with one attached hydrogen (secondary N) is 3. The number of rotatable bonds is 9. The molecule has 0 bridgehead atoms. The second-order valence-corrected chi connectivity index (χ2v) is 8.96. The first-order chi connectivity index (χ1) is 16.1. The number of aliphatic hydroxyl groups is 1. The van der Waals surface area contributed by atoms with Crippen molar-refractivity contribution in [2.45, 2.75) is 39.8 Å². The quantitative estimate of drug-likeness (QED) is 0.373. The van der Waals surface area contributed by atoms with E-state index in [1.165, 1.54) is 0 Å². The predicted octanol–water partition coefficient (Wildman–Crippen LogP) is 4.53. The van der Waals surface area contributed by atoms with Gasteiger partial charge in [-0.3, -0.25) is 9.78 Å². The minimum atomic E-state index is -0.820. The number of amides is 1. The molecule has 34 heavy (non-hydrogen) atoms. The molecule has 1 heterocycles. The molecular weight excluding hydrogens is 428 g/mol. The number of benzene rings is 2. The van der Waals surface area contributed by atoms with Crippen molar-refractivity contribution in [3.63, 3.8) is 0 Å². The van der Waals surface area contributed by atoms with Gasteiger partial charge in [-0.25, -0.2) is 0 Å². The molecule has 0 atom stereocenters. The van der Waals surface area contributed by atoms with Gasteiger partial charge in [-0.15, -0.1) is 0 Å². The molecule has 0 saturated carbocycles. The van der Waals surface area contributed by atoms with Gasteiger partial charge in [0.05, 0.1) is 12.7 Å². The molecule has 0 saturated heterocycles. The van der Waals surface area contributed by atoms with Crippen molar-refractivity contribution in [3.8, 4) is 16.9 Å². The van der Waals surface area contributed by atoms with Crippen molar-refractivity contribution in [2.75, 3.05) is 31.3 Å². The smallest absolute Gasteiger partial charge is 0.274 e. The van der Waals surface area contributed by atoms with Gasteiger partial charge in [0.1, 0.15) is 11.4 Å². The average molecular weight is 463 g/mol. The SMILES string of the molecule is CNc1cccc(-c2cccc(NC(=O)c3cc(OC)c(CNCC(C)(C)O)cn3)c2C)c1C. The molecule has 0 aliphatic rings. The molecule has 0 aliphatic heterocycles. The Morgan fingerprint density at radius 3 is 2.26 bits per heavy atom. The van der Waals surface area contributed by atoms with E-state index in [4.69, 9.17) is 4.74 Å². The largest absolute Gasteiger partial charge is 0.496 e. The highest BCUT2D eigenvalue weighted by atomic mass is 16.5. The summed E-state index contributed by atoms with van der Waals surface area (Å²) in [6.45, 7) is 8.44. The number of anilines is 2. The lowest BCUT2D eigenvalue weighted by Gasteiger charge is -2.18. The minimum Gasteiger partial charge on any atom is -0.496 e. The lowest BCUT2D eigenvalue weighted by atomic mass is 9.94. The molecule has 180 valence electrons. The van der Waals surface area contributed by atoms with Gasteiger partial charge in [0.15, 0.2) is 0 Å². The summed E-state index contributed by atoms with van der Waals surface area (Å²) in [6.07, 6.45) is 1.63. The van der Waals surface area contributed by atoms with E-state index in [1.807, 2.05) is 38.2 Å². The number of carbonyl (C=O) groups is 1. The summed E-state index contributed by atoms with van der Waals surface area (Å²) in [6, 6.07) is 13.7. The van der Waals surface area contributed by atoms with Crippen LogP contribution in [-0.2, 0) is 6.54 Å². The van der Waals surface area contributed by atoms with Gasteiger partial charge < -0.3 is 25.8 Å². The summed E-state index contributed by atoms with van der Waals surface area (Å²) < 4.78 is 5.48. The predicted molar refractivity (Wildman–Crippen MR) is 138 cm³/mol. The van der Waals surface area contributed by atoms with E-state index in [2.05, 4.69) is 40.0 Å². The van der Waals surface area contributed by atoms with Crippen molar-refractivity contribution in [1.82, 2.24) is 10.3 Å². The molecule has 1 amide bonds. The molecule has 0 aliphatic carbocycles. The Bertz CT molecular complexity index is 1170. The molecule has 7 nitrogen and oxygen atoms in total. The first-order valence-electron chi connectivity index (χ1n) is 11.3. The monoisotopic (exact) mass is 462 g/mol. The van der Waals surface area contributed by atoms with E-state index >= 15 is 0 Å². The van der Waals surface area contributed by atoms with Crippen LogP contribution in [0.2, 0.25) is 0 Å². The van der Waals surface area contributed by atoms with Crippen LogP contribution in [0.3, 0.4) is 0 Å². The first kappa shape index (κ1) is 25.2. The number of nitrogens with zero attached hydrogens (tertiary/aromatic N) is 1. The highest BCUT2D eigenvalue weighted by Crippen LogP contribution is 2.33. The Kier molecular flexibility index (Phi) is 7.91. The van der Waals surface area contributed by atoms with Gasteiger partial charge in [-0.05, 0) is 62.1 Å². The van der Waals surface area contributed by atoms with E-state index < -0.39 is 5.60 Å². The number of carbonyl (C=O) groups excluding carboxylic acids is 1. The van der Waals surface area contributed by atoms with Crippen molar-refractivity contribution in [3.05, 3.63) is 71.0 Å². The number of ether oxygens (including phenoxy) is 1. The maximum absolute atomic E-state index is 13.0. The molecule has 0 spiro atoms. The zero-order chi connectivity index (χ0) is 24.9. The number of hydrogen-bond donors (Lipinski definition) is 4. The summed E-state index contributed by atoms with van der Waals surface area (Å²) in [5.74, 6) is 0.253. The lowest BCUT2D eigenvalue weighted by Crippen LogP contribution is -2.34. The third kappa shape index (κ3) is 5.92. The highest BCUT2D eigenvalue weighted by molar-refractivity contribution is 6.04. The average Bonchev–Trinajstić information content (AvgIpc) is 2.80. The Labute approximate surface area is 201 Å². The molecule has 7 heteroatoms. The van der Waals surface area contributed by atoms with E-state index in [0.717, 1.165) is 39.2 Å². The van der Waals surface area contributed by atoms with E-state index in [0.29, 0.717) is 18.8 Å². The molecule has 0 radical (unpaired) electrons. The molecule has 4 N–H and O–H groups in total. The summed E-state index contributed by atoms with van der Waals surface area (Å²) in [7, 11) is 3.47. The topological polar surface area (TPSA) is 95.5 Å². The number of pyridine rings is 1. The normalized spacial score (nSPS) is 11.3. The van der Waals surface area contributed by atoms with Gasteiger partial charge in [0.2, 0.25) is 0 Å². The standard InChI is InChI=1S/C27H34N4O3/c1-17-20(9-7-11-22(17)28-5)21-10-8-12-23(18(21)2)31-26(32)24-13-25(34-6)19(15-30-24)14-29-16-27(3,4)33/h7-13,15,28-29,33H,14,16H2,1-6H3,(H,31,32). The molecule has 2 aromatic carbocycles. The molecule has 3 aromatic rings. The molecule has 0 fully saturated rings. The Morgan fingerprint density at radius 1 is 1.06 bits per heavy atom. The third-order valence-corrected chi connectivity index (χ3v) is 5.74. The number of hydrogen-bond acceptors (Lipinski definition) is 6. The molecule has 3 rings (SSSR count). The van der Waals surface area contributed by atoms with Crippen LogP contribution >= 0.6 is 0 Å². The number of methoxy groups -OCH3 is 1. The Hall–Kier alpha value is -3.42. The van der Waals surface area contributed by atoms with E-state index in [1.54, 1.807) is 33.2 Å². The fourth-order valence-electron chi connectivity index (χ4n) is 3.86. The van der Waals surface area contributed by atoms with Crippen LogP contribution in [0.5, 0.6) is 5.75 Å². The first-order valence-corrected chi connectivity index (χ1v) is 11.3. The maximum Gasteiger partial charge on any atom is 0.274 e. The van der Waals surface area contributed by atoms with Crippen LogP contribution in [0.1, 0.15) is 41.0 Å². The van der Waals surface area contributed by atoms with Crippen molar-refractivity contribution in [2.24, 2.45) is 0 Å². The number of aromatic nitrogens is 1. The van der Waals surface area contributed by atoms with Crippen molar-refractivity contribution >= 4 is 17.3 Å². The van der Waals surface area contributed by atoms with Gasteiger partial charge in [-0.2, -0.15) is 0 Å². The highest BCUT2D eigenvalue weighted by Gasteiger charge is 2.17. The van der Waals surface area contributed by atoms with Crippen LogP contribution in [0, 0.1) is 13.8 Å². The summed E-state index contributed by atoms with van der Waals surface area (Å²) >= 11 is 0. The lowest BCUT2D eigenvalue weighted by molar-refractivity contribution is 0.0794. The fraction of sp³-hybridized carbons (Fsp3) is 0.333. The van der Waals surface area contributed by atoms with Gasteiger partial charge in [-0.1, -0.05) is 24.3 Å². The fourth-order valence-corrected chi connectivity index (χ4v) is 3.86. The van der Waals surface area contributed by atoms with Gasteiger partial charge in [0, 0.05) is 49.3 Å². The zero-order valence-electron chi connectivity index (χ0n) is 20.7. The van der Waals surface area contributed by atoms with Gasteiger partial charge in [0.25, 0.3) is 5.91 Å². The van der Waals surface area contributed by atoms with E-state index in [-0.39, 0.29) is 11.6 Å². The van der Waals surface area contributed by atoms with Crippen LogP contribution < -0.4 is 20.7 Å². The second kappa shape index (κ2) is 10.7. The van der Waals surface area contributed by atoms with Gasteiger partial charge >= 0.3 is 0 Å². The zero-order valence-corrected chi connectivity index (χ0v) is 20.7. The van der Waals surface area contributed by atoms with Crippen LogP contribution in [0.15, 0.2) is 48.7 Å². The third-order valence-electron chi connectivity index (χ3n) is 5.74. The Morgan fingerprint density at radius 2 is 1.68 bits per heavy atom.